The molecule has 7 nitrogen and oxygen atoms in total. The summed E-state index contributed by atoms with van der Waals surface area (Å²) >= 11 is 0. The van der Waals surface area contributed by atoms with Crippen molar-refractivity contribution >= 4 is 12.0 Å². The molecule has 1 aromatic heterocycles. The summed E-state index contributed by atoms with van der Waals surface area (Å²) in [6.45, 7) is 0. The second-order valence-electron chi connectivity index (χ2n) is 7.39. The molecule has 0 unspecified atom stereocenters. The number of ether oxygens (including phenoxy) is 2. The standard InChI is InChI=1S/C24H25N3O4/c1-27(31-4)23(28)22-20-13-14-24(15-21(20)25-26-22,16-5-9-18(29-2)10-6-16)17-7-11-19(30-3)12-8-17/h5-14H,15H2,1-4H3,(H,25,26). The summed E-state index contributed by atoms with van der Waals surface area (Å²) in [7, 11) is 6.32. The van der Waals surface area contributed by atoms with Crippen LogP contribution in [0.4, 0.5) is 0 Å². The number of hydrogen-bond acceptors (Lipinski definition) is 5. The number of hydrogen-bond donors (Lipinski definition) is 1. The van der Waals surface area contributed by atoms with Crippen molar-refractivity contribution in [3.63, 3.8) is 0 Å². The van der Waals surface area contributed by atoms with Gasteiger partial charge in [-0.3, -0.25) is 14.7 Å². The summed E-state index contributed by atoms with van der Waals surface area (Å²) in [6, 6.07) is 16.1. The van der Waals surface area contributed by atoms with E-state index in [9.17, 15) is 4.79 Å². The van der Waals surface area contributed by atoms with Crippen molar-refractivity contribution in [2.75, 3.05) is 28.4 Å². The molecule has 0 aliphatic heterocycles. The number of carbonyl (C=O) groups is 1. The maximum Gasteiger partial charge on any atom is 0.298 e. The molecule has 0 saturated heterocycles. The number of amides is 1. The average molecular weight is 419 g/mol. The van der Waals surface area contributed by atoms with Crippen molar-refractivity contribution in [2.24, 2.45) is 0 Å². The van der Waals surface area contributed by atoms with Crippen molar-refractivity contribution in [1.82, 2.24) is 15.3 Å². The number of allylic oxidation sites excluding steroid dienone is 1. The lowest BCUT2D eigenvalue weighted by molar-refractivity contribution is -0.0760. The quantitative estimate of drug-likeness (QED) is 0.618. The molecule has 0 spiro atoms. The maximum absolute atomic E-state index is 12.6. The fourth-order valence-corrected chi connectivity index (χ4v) is 4.00. The molecule has 0 saturated carbocycles. The third kappa shape index (κ3) is 3.57. The molecule has 1 aliphatic rings. The van der Waals surface area contributed by atoms with Crippen LogP contribution in [0.5, 0.6) is 11.5 Å². The number of aromatic nitrogens is 2. The predicted molar refractivity (Wildman–Crippen MR) is 117 cm³/mol. The lowest BCUT2D eigenvalue weighted by Crippen LogP contribution is -2.31. The summed E-state index contributed by atoms with van der Waals surface area (Å²) in [5.74, 6) is 1.29. The molecule has 1 heterocycles. The molecule has 4 rings (SSSR count). The SMILES string of the molecule is COc1ccc(C2(c3ccc(OC)cc3)C=Cc3c(C(=O)N(C)OC)n[nH]c3C2)cc1. The molecule has 1 N–H and O–H groups in total. The first-order valence-electron chi connectivity index (χ1n) is 9.90. The van der Waals surface area contributed by atoms with Gasteiger partial charge in [0.2, 0.25) is 0 Å². The molecule has 0 bridgehead atoms. The van der Waals surface area contributed by atoms with Gasteiger partial charge in [0.25, 0.3) is 5.91 Å². The van der Waals surface area contributed by atoms with Crippen molar-refractivity contribution < 1.29 is 19.1 Å². The molecular weight excluding hydrogens is 394 g/mol. The van der Waals surface area contributed by atoms with Gasteiger partial charge in [-0.1, -0.05) is 36.4 Å². The van der Waals surface area contributed by atoms with Gasteiger partial charge < -0.3 is 9.47 Å². The highest BCUT2D eigenvalue weighted by Crippen LogP contribution is 2.42. The average Bonchev–Trinajstić information content (AvgIpc) is 3.26. The Bertz CT molecular complexity index is 1050. The fourth-order valence-electron chi connectivity index (χ4n) is 4.00. The highest BCUT2D eigenvalue weighted by molar-refractivity contribution is 5.96. The van der Waals surface area contributed by atoms with Gasteiger partial charge in [0.1, 0.15) is 11.5 Å². The van der Waals surface area contributed by atoms with E-state index in [2.05, 4.69) is 40.5 Å². The summed E-state index contributed by atoms with van der Waals surface area (Å²) in [5, 5.41) is 8.52. The van der Waals surface area contributed by atoms with Gasteiger partial charge in [0, 0.05) is 30.1 Å². The number of nitrogens with one attached hydrogen (secondary N) is 1. The van der Waals surface area contributed by atoms with E-state index in [4.69, 9.17) is 14.3 Å². The van der Waals surface area contributed by atoms with E-state index in [1.54, 1.807) is 21.3 Å². The summed E-state index contributed by atoms with van der Waals surface area (Å²) in [6.07, 6.45) is 4.72. The van der Waals surface area contributed by atoms with Gasteiger partial charge in [0.05, 0.1) is 21.3 Å². The van der Waals surface area contributed by atoms with Crippen molar-refractivity contribution in [1.29, 1.82) is 0 Å². The molecule has 2 aromatic carbocycles. The number of carbonyl (C=O) groups excluding carboxylic acids is 1. The third-order valence-electron chi connectivity index (χ3n) is 5.85. The van der Waals surface area contributed by atoms with E-state index in [-0.39, 0.29) is 5.91 Å². The predicted octanol–water partition coefficient (Wildman–Crippen LogP) is 3.62. The first-order chi connectivity index (χ1) is 15.0. The maximum atomic E-state index is 12.6. The molecule has 0 radical (unpaired) electrons. The van der Waals surface area contributed by atoms with Crippen LogP contribution in [-0.2, 0) is 16.7 Å². The number of rotatable bonds is 6. The minimum Gasteiger partial charge on any atom is -0.497 e. The Kier molecular flexibility index (Phi) is 5.52. The summed E-state index contributed by atoms with van der Waals surface area (Å²) in [5.41, 5.74) is 3.79. The van der Waals surface area contributed by atoms with Crippen molar-refractivity contribution in [2.45, 2.75) is 11.8 Å². The van der Waals surface area contributed by atoms with Gasteiger partial charge in [-0.25, -0.2) is 5.06 Å². The Labute approximate surface area is 181 Å². The first-order valence-corrected chi connectivity index (χ1v) is 9.90. The monoisotopic (exact) mass is 419 g/mol. The number of aromatic amines is 1. The Hall–Kier alpha value is -3.58. The van der Waals surface area contributed by atoms with Crippen LogP contribution in [0.15, 0.2) is 54.6 Å². The number of H-pyrrole nitrogens is 1. The highest BCUT2D eigenvalue weighted by atomic mass is 16.7. The zero-order chi connectivity index (χ0) is 22.0. The molecule has 31 heavy (non-hydrogen) atoms. The van der Waals surface area contributed by atoms with Crippen LogP contribution in [-0.4, -0.2) is 49.5 Å². The Balaban J connectivity index is 1.81. The van der Waals surface area contributed by atoms with Gasteiger partial charge >= 0.3 is 0 Å². The van der Waals surface area contributed by atoms with E-state index in [1.807, 2.05) is 30.3 Å². The number of methoxy groups -OCH3 is 2. The number of fused-ring (bicyclic) bond motifs is 1. The van der Waals surface area contributed by atoms with Crippen LogP contribution in [0.2, 0.25) is 0 Å². The molecule has 160 valence electrons. The smallest absolute Gasteiger partial charge is 0.298 e. The van der Waals surface area contributed by atoms with Gasteiger partial charge in [-0.05, 0) is 35.4 Å². The summed E-state index contributed by atoms with van der Waals surface area (Å²) in [4.78, 5) is 17.6. The largest absolute Gasteiger partial charge is 0.497 e. The normalized spacial score (nSPS) is 14.1. The number of benzene rings is 2. The Morgan fingerprint density at radius 1 is 0.968 bits per heavy atom. The number of hydroxylamine groups is 2. The van der Waals surface area contributed by atoms with Crippen molar-refractivity contribution in [3.05, 3.63) is 82.7 Å². The topological polar surface area (TPSA) is 76.7 Å². The third-order valence-corrected chi connectivity index (χ3v) is 5.85. The molecule has 1 amide bonds. The van der Waals surface area contributed by atoms with Crippen LogP contribution in [0, 0.1) is 0 Å². The molecule has 0 fully saturated rings. The zero-order valence-electron chi connectivity index (χ0n) is 18.0. The Morgan fingerprint density at radius 3 is 2.00 bits per heavy atom. The lowest BCUT2D eigenvalue weighted by atomic mass is 9.68. The van der Waals surface area contributed by atoms with Gasteiger partial charge in [-0.15, -0.1) is 0 Å². The van der Waals surface area contributed by atoms with Gasteiger partial charge in [0.15, 0.2) is 5.69 Å². The minimum absolute atomic E-state index is 0.300. The second-order valence-corrected chi connectivity index (χ2v) is 7.39. The van der Waals surface area contributed by atoms with Crippen molar-refractivity contribution in [3.8, 4) is 11.5 Å². The fraction of sp³-hybridized carbons (Fsp3) is 0.250. The van der Waals surface area contributed by atoms with Crippen LogP contribution >= 0.6 is 0 Å². The van der Waals surface area contributed by atoms with E-state index >= 15 is 0 Å². The van der Waals surface area contributed by atoms with E-state index in [0.29, 0.717) is 12.1 Å². The minimum atomic E-state index is -0.439. The number of nitrogens with zero attached hydrogens (tertiary/aromatic N) is 2. The second kappa shape index (κ2) is 8.28. The van der Waals surface area contributed by atoms with Gasteiger partial charge in [-0.2, -0.15) is 5.10 Å². The zero-order valence-corrected chi connectivity index (χ0v) is 18.0. The van der Waals surface area contributed by atoms with Crippen LogP contribution in [0.1, 0.15) is 32.9 Å². The van der Waals surface area contributed by atoms with E-state index < -0.39 is 5.41 Å². The van der Waals surface area contributed by atoms with Crippen LogP contribution < -0.4 is 9.47 Å². The lowest BCUT2D eigenvalue weighted by Gasteiger charge is -2.34. The van der Waals surface area contributed by atoms with Crippen LogP contribution in [0.25, 0.3) is 6.08 Å². The molecular formula is C24H25N3O4. The van der Waals surface area contributed by atoms with E-state index in [0.717, 1.165) is 33.9 Å². The molecule has 7 heteroatoms. The van der Waals surface area contributed by atoms with Crippen LogP contribution in [0.3, 0.4) is 0 Å². The Morgan fingerprint density at radius 2 is 1.52 bits per heavy atom. The van der Waals surface area contributed by atoms with E-state index in [1.165, 1.54) is 12.2 Å². The molecule has 0 atom stereocenters. The first kappa shape index (κ1) is 20.7. The highest BCUT2D eigenvalue weighted by Gasteiger charge is 2.37. The molecule has 1 aliphatic carbocycles. The summed E-state index contributed by atoms with van der Waals surface area (Å²) < 4.78 is 10.7. The molecule has 3 aromatic rings.